The van der Waals surface area contributed by atoms with Crippen LogP contribution in [0.4, 0.5) is 10.5 Å². The summed E-state index contributed by atoms with van der Waals surface area (Å²) < 4.78 is 5.22. The molecule has 0 aliphatic carbocycles. The van der Waals surface area contributed by atoms with E-state index in [1.165, 1.54) is 0 Å². The second-order valence-electron chi connectivity index (χ2n) is 4.38. The highest BCUT2D eigenvalue weighted by atomic mass is 16.6. The number of hydrogen-bond donors (Lipinski definition) is 1. The van der Waals surface area contributed by atoms with Gasteiger partial charge >= 0.3 is 6.09 Å². The SMILES string of the molecule is C[C@H]1OC(=O)N2c3ccc(O)cc3CC[C@H]12. The number of benzene rings is 1. The predicted octanol–water partition coefficient (Wildman–Crippen LogP) is 2.05. The van der Waals surface area contributed by atoms with Gasteiger partial charge < -0.3 is 9.84 Å². The van der Waals surface area contributed by atoms with Crippen LogP contribution < -0.4 is 4.90 Å². The summed E-state index contributed by atoms with van der Waals surface area (Å²) >= 11 is 0. The monoisotopic (exact) mass is 219 g/mol. The molecule has 84 valence electrons. The molecule has 0 saturated carbocycles. The summed E-state index contributed by atoms with van der Waals surface area (Å²) in [6, 6.07) is 5.26. The van der Waals surface area contributed by atoms with Gasteiger partial charge in [0.15, 0.2) is 0 Å². The Kier molecular flexibility index (Phi) is 1.87. The van der Waals surface area contributed by atoms with E-state index in [0.717, 1.165) is 24.1 Å². The van der Waals surface area contributed by atoms with Crippen molar-refractivity contribution in [1.82, 2.24) is 0 Å². The van der Waals surface area contributed by atoms with E-state index in [9.17, 15) is 9.90 Å². The van der Waals surface area contributed by atoms with Crippen LogP contribution in [0.2, 0.25) is 0 Å². The van der Waals surface area contributed by atoms with Crippen LogP contribution in [-0.4, -0.2) is 23.3 Å². The number of fused-ring (bicyclic) bond motifs is 3. The zero-order valence-electron chi connectivity index (χ0n) is 9.01. The summed E-state index contributed by atoms with van der Waals surface area (Å²) in [6.07, 6.45) is 1.45. The van der Waals surface area contributed by atoms with Gasteiger partial charge in [0.05, 0.1) is 11.7 Å². The van der Waals surface area contributed by atoms with Gasteiger partial charge in [0, 0.05) is 0 Å². The Labute approximate surface area is 93.4 Å². The second kappa shape index (κ2) is 3.14. The van der Waals surface area contributed by atoms with Crippen LogP contribution in [0, 0.1) is 0 Å². The van der Waals surface area contributed by atoms with E-state index >= 15 is 0 Å². The number of ether oxygens (including phenoxy) is 1. The minimum Gasteiger partial charge on any atom is -0.508 e. The molecule has 1 aromatic carbocycles. The summed E-state index contributed by atoms with van der Waals surface area (Å²) in [6.45, 7) is 1.92. The quantitative estimate of drug-likeness (QED) is 0.726. The molecule has 0 bridgehead atoms. The van der Waals surface area contributed by atoms with Crippen molar-refractivity contribution in [2.24, 2.45) is 0 Å². The lowest BCUT2D eigenvalue weighted by Crippen LogP contribution is -2.39. The fraction of sp³-hybridized carbons (Fsp3) is 0.417. The number of carbonyl (C=O) groups excluding carboxylic acids is 1. The van der Waals surface area contributed by atoms with Crippen LogP contribution in [0.15, 0.2) is 18.2 Å². The van der Waals surface area contributed by atoms with Gasteiger partial charge in [-0.2, -0.15) is 0 Å². The van der Waals surface area contributed by atoms with Crippen LogP contribution in [0.3, 0.4) is 0 Å². The zero-order valence-corrected chi connectivity index (χ0v) is 9.01. The highest BCUT2D eigenvalue weighted by Crippen LogP contribution is 2.38. The Balaban J connectivity index is 2.09. The molecular formula is C12H13NO3. The van der Waals surface area contributed by atoms with Gasteiger partial charge in [-0.3, -0.25) is 4.90 Å². The number of phenols is 1. The molecule has 0 aromatic heterocycles. The van der Waals surface area contributed by atoms with E-state index < -0.39 is 0 Å². The van der Waals surface area contributed by atoms with Crippen LogP contribution in [0.25, 0.3) is 0 Å². The Morgan fingerprint density at radius 2 is 2.31 bits per heavy atom. The number of phenolic OH excluding ortho intramolecular Hbond substituents is 1. The number of rotatable bonds is 0. The number of aryl methyl sites for hydroxylation is 1. The number of anilines is 1. The lowest BCUT2D eigenvalue weighted by Gasteiger charge is -2.30. The zero-order chi connectivity index (χ0) is 11.3. The molecule has 0 radical (unpaired) electrons. The number of aromatic hydroxyl groups is 1. The van der Waals surface area contributed by atoms with Crippen molar-refractivity contribution in [1.29, 1.82) is 0 Å². The van der Waals surface area contributed by atoms with E-state index in [-0.39, 0.29) is 24.0 Å². The number of nitrogens with zero attached hydrogens (tertiary/aromatic N) is 1. The molecule has 0 spiro atoms. The number of cyclic esters (lactones) is 1. The van der Waals surface area contributed by atoms with Crippen molar-refractivity contribution >= 4 is 11.8 Å². The molecular weight excluding hydrogens is 206 g/mol. The molecule has 4 nitrogen and oxygen atoms in total. The van der Waals surface area contributed by atoms with Crippen molar-refractivity contribution in [3.8, 4) is 5.75 Å². The van der Waals surface area contributed by atoms with Crippen LogP contribution >= 0.6 is 0 Å². The van der Waals surface area contributed by atoms with Crippen LogP contribution in [0.1, 0.15) is 18.9 Å². The lowest BCUT2D eigenvalue weighted by atomic mass is 9.94. The van der Waals surface area contributed by atoms with E-state index in [1.54, 1.807) is 23.1 Å². The fourth-order valence-electron chi connectivity index (χ4n) is 2.59. The molecule has 1 N–H and O–H groups in total. The van der Waals surface area contributed by atoms with Crippen molar-refractivity contribution < 1.29 is 14.6 Å². The van der Waals surface area contributed by atoms with Gasteiger partial charge in [0.25, 0.3) is 0 Å². The normalized spacial score (nSPS) is 27.3. The lowest BCUT2D eigenvalue weighted by molar-refractivity contribution is 0.140. The summed E-state index contributed by atoms with van der Waals surface area (Å²) in [5.74, 6) is 0.248. The Bertz CT molecular complexity index is 458. The van der Waals surface area contributed by atoms with Gasteiger partial charge in [0.1, 0.15) is 11.9 Å². The molecule has 2 heterocycles. The average Bonchev–Trinajstić information content (AvgIpc) is 2.54. The van der Waals surface area contributed by atoms with Gasteiger partial charge in [-0.05, 0) is 43.5 Å². The molecule has 1 saturated heterocycles. The standard InChI is InChI=1S/C12H13NO3/c1-7-10-4-2-8-6-9(14)3-5-11(8)13(10)12(15)16-7/h3,5-7,10,14H,2,4H2,1H3/t7-,10-/m1/s1. The minimum absolute atomic E-state index is 0.0468. The Morgan fingerprint density at radius 1 is 1.50 bits per heavy atom. The molecule has 2 atom stereocenters. The molecule has 1 aromatic rings. The van der Waals surface area contributed by atoms with E-state index in [0.29, 0.717) is 0 Å². The largest absolute Gasteiger partial charge is 0.508 e. The van der Waals surface area contributed by atoms with E-state index in [4.69, 9.17) is 4.74 Å². The predicted molar refractivity (Wildman–Crippen MR) is 58.6 cm³/mol. The van der Waals surface area contributed by atoms with Crippen molar-refractivity contribution in [3.63, 3.8) is 0 Å². The van der Waals surface area contributed by atoms with E-state index in [2.05, 4.69) is 0 Å². The fourth-order valence-corrected chi connectivity index (χ4v) is 2.59. The minimum atomic E-state index is -0.274. The Hall–Kier alpha value is -1.71. The molecule has 16 heavy (non-hydrogen) atoms. The summed E-state index contributed by atoms with van der Waals surface area (Å²) in [4.78, 5) is 13.4. The first-order valence-electron chi connectivity index (χ1n) is 5.48. The first-order chi connectivity index (χ1) is 7.66. The second-order valence-corrected chi connectivity index (χ2v) is 4.38. The highest BCUT2D eigenvalue weighted by Gasteiger charge is 2.42. The first kappa shape index (κ1) is 9.51. The topological polar surface area (TPSA) is 49.8 Å². The van der Waals surface area contributed by atoms with E-state index in [1.807, 2.05) is 6.92 Å². The van der Waals surface area contributed by atoms with Crippen molar-refractivity contribution in [2.45, 2.75) is 31.9 Å². The Morgan fingerprint density at radius 3 is 3.12 bits per heavy atom. The molecule has 2 aliphatic heterocycles. The maximum Gasteiger partial charge on any atom is 0.415 e. The molecule has 1 amide bonds. The molecule has 4 heteroatoms. The molecule has 3 rings (SSSR count). The number of carbonyl (C=O) groups is 1. The van der Waals surface area contributed by atoms with Gasteiger partial charge in [0.2, 0.25) is 0 Å². The third-order valence-electron chi connectivity index (χ3n) is 3.39. The molecule has 1 fully saturated rings. The summed E-state index contributed by atoms with van der Waals surface area (Å²) in [5, 5.41) is 9.41. The van der Waals surface area contributed by atoms with Crippen LogP contribution in [0.5, 0.6) is 5.75 Å². The summed E-state index contributed by atoms with van der Waals surface area (Å²) in [7, 11) is 0. The maximum atomic E-state index is 11.7. The van der Waals surface area contributed by atoms with Crippen LogP contribution in [-0.2, 0) is 11.2 Å². The first-order valence-corrected chi connectivity index (χ1v) is 5.48. The van der Waals surface area contributed by atoms with Gasteiger partial charge in [-0.1, -0.05) is 0 Å². The number of hydrogen-bond acceptors (Lipinski definition) is 3. The maximum absolute atomic E-state index is 11.7. The third kappa shape index (κ3) is 1.19. The highest BCUT2D eigenvalue weighted by molar-refractivity contribution is 5.92. The van der Waals surface area contributed by atoms with Crippen molar-refractivity contribution in [2.75, 3.05) is 4.90 Å². The van der Waals surface area contributed by atoms with Gasteiger partial charge in [-0.15, -0.1) is 0 Å². The van der Waals surface area contributed by atoms with Crippen molar-refractivity contribution in [3.05, 3.63) is 23.8 Å². The smallest absolute Gasteiger partial charge is 0.415 e. The number of amides is 1. The summed E-state index contributed by atoms with van der Waals surface area (Å²) in [5.41, 5.74) is 1.89. The molecule has 0 unspecified atom stereocenters. The van der Waals surface area contributed by atoms with Gasteiger partial charge in [-0.25, -0.2) is 4.79 Å². The third-order valence-corrected chi connectivity index (χ3v) is 3.39. The average molecular weight is 219 g/mol. The molecule has 2 aliphatic rings.